The molecule has 0 atom stereocenters. The number of nitrogens with one attached hydrogen (secondary N) is 1. The highest BCUT2D eigenvalue weighted by Gasteiger charge is 2.26. The van der Waals surface area contributed by atoms with Crippen molar-refractivity contribution < 1.29 is 0 Å². The van der Waals surface area contributed by atoms with Crippen LogP contribution in [-0.2, 0) is 0 Å². The summed E-state index contributed by atoms with van der Waals surface area (Å²) in [6.07, 6.45) is 3.55. The molecule has 0 aliphatic carbocycles. The van der Waals surface area contributed by atoms with Gasteiger partial charge in [-0.1, -0.05) is 13.8 Å². The lowest BCUT2D eigenvalue weighted by Gasteiger charge is -2.31. The highest BCUT2D eigenvalue weighted by Crippen LogP contribution is 2.29. The van der Waals surface area contributed by atoms with Crippen LogP contribution in [-0.4, -0.2) is 21.4 Å². The number of thiophene rings is 1. The zero-order chi connectivity index (χ0) is 12.3. The van der Waals surface area contributed by atoms with Crippen molar-refractivity contribution in [2.75, 3.05) is 11.2 Å². The highest BCUT2D eigenvalue weighted by atomic mass is 35.5. The summed E-state index contributed by atoms with van der Waals surface area (Å²) in [5, 5.41) is 5.53. The van der Waals surface area contributed by atoms with Crippen molar-refractivity contribution in [1.82, 2.24) is 9.97 Å². The molecule has 0 fully saturated rings. The van der Waals surface area contributed by atoms with Crippen LogP contribution in [0.1, 0.15) is 26.7 Å². The third-order valence-corrected chi connectivity index (χ3v) is 4.66. The molecular weight excluding hydrogens is 254 g/mol. The van der Waals surface area contributed by atoms with Crippen molar-refractivity contribution in [1.29, 1.82) is 0 Å². The Balaban J connectivity index is 2.37. The van der Waals surface area contributed by atoms with Gasteiger partial charge in [-0.15, -0.1) is 22.9 Å². The van der Waals surface area contributed by atoms with E-state index in [1.807, 2.05) is 11.4 Å². The Labute approximate surface area is 110 Å². The second kappa shape index (κ2) is 5.19. The maximum atomic E-state index is 6.10. The van der Waals surface area contributed by atoms with Crippen LogP contribution in [0.2, 0.25) is 0 Å². The Bertz CT molecular complexity index is 485. The summed E-state index contributed by atoms with van der Waals surface area (Å²) in [5.74, 6) is 1.48. The van der Waals surface area contributed by atoms with Crippen LogP contribution >= 0.6 is 22.9 Å². The van der Waals surface area contributed by atoms with E-state index in [0.29, 0.717) is 5.88 Å². The fraction of sp³-hybridized carbons (Fsp3) is 0.500. The molecular formula is C12H16ClN3S. The van der Waals surface area contributed by atoms with E-state index in [-0.39, 0.29) is 5.54 Å². The molecule has 0 aliphatic rings. The van der Waals surface area contributed by atoms with E-state index in [9.17, 15) is 0 Å². The summed E-state index contributed by atoms with van der Waals surface area (Å²) in [5.41, 5.74) is 0.912. The molecule has 17 heavy (non-hydrogen) atoms. The van der Waals surface area contributed by atoms with Crippen LogP contribution in [0.15, 0.2) is 17.8 Å². The number of fused-ring (bicyclic) bond motifs is 1. The summed E-state index contributed by atoms with van der Waals surface area (Å²) in [7, 11) is 0. The quantitative estimate of drug-likeness (QED) is 0.837. The Morgan fingerprint density at radius 1 is 1.35 bits per heavy atom. The Hall–Kier alpha value is -0.870. The van der Waals surface area contributed by atoms with Gasteiger partial charge >= 0.3 is 0 Å². The predicted molar refractivity (Wildman–Crippen MR) is 75.1 cm³/mol. The first kappa shape index (κ1) is 12.6. The van der Waals surface area contributed by atoms with E-state index in [1.165, 1.54) is 0 Å². The van der Waals surface area contributed by atoms with Gasteiger partial charge in [0.2, 0.25) is 0 Å². The number of hydrogen-bond donors (Lipinski definition) is 1. The maximum Gasteiger partial charge on any atom is 0.147 e. The molecule has 1 N–H and O–H groups in total. The van der Waals surface area contributed by atoms with Gasteiger partial charge in [0.25, 0.3) is 0 Å². The molecule has 0 saturated carbocycles. The normalized spacial score (nSPS) is 11.9. The molecule has 0 aromatic carbocycles. The minimum absolute atomic E-state index is 0.0766. The van der Waals surface area contributed by atoms with Gasteiger partial charge < -0.3 is 5.32 Å². The third-order valence-electron chi connectivity index (χ3n) is 3.24. The van der Waals surface area contributed by atoms with Gasteiger partial charge in [-0.2, -0.15) is 0 Å². The second-order valence-corrected chi connectivity index (χ2v) is 5.29. The SMILES string of the molecule is CCC(CC)(CCl)Nc1ncnc2ccsc12. The maximum absolute atomic E-state index is 6.10. The van der Waals surface area contributed by atoms with E-state index in [4.69, 9.17) is 11.6 Å². The fourth-order valence-corrected chi connectivity index (χ4v) is 3.01. The molecule has 0 radical (unpaired) electrons. The van der Waals surface area contributed by atoms with Gasteiger partial charge in [0.05, 0.1) is 15.8 Å². The molecule has 2 heterocycles. The largest absolute Gasteiger partial charge is 0.362 e. The minimum Gasteiger partial charge on any atom is -0.362 e. The number of alkyl halides is 1. The van der Waals surface area contributed by atoms with Crippen molar-refractivity contribution in [3.8, 4) is 0 Å². The van der Waals surface area contributed by atoms with Crippen molar-refractivity contribution >= 4 is 39.0 Å². The number of halogens is 1. The summed E-state index contributed by atoms with van der Waals surface area (Å²) in [6.45, 7) is 4.29. The molecule has 0 unspecified atom stereocenters. The van der Waals surface area contributed by atoms with Crippen molar-refractivity contribution in [3.05, 3.63) is 17.8 Å². The van der Waals surface area contributed by atoms with Crippen LogP contribution in [0.3, 0.4) is 0 Å². The number of rotatable bonds is 5. The average molecular weight is 270 g/mol. The molecule has 0 aliphatic heterocycles. The Morgan fingerprint density at radius 2 is 2.12 bits per heavy atom. The molecule has 2 aromatic heterocycles. The monoisotopic (exact) mass is 269 g/mol. The molecule has 0 spiro atoms. The molecule has 0 saturated heterocycles. The van der Waals surface area contributed by atoms with Crippen LogP contribution in [0, 0.1) is 0 Å². The standard InChI is InChI=1S/C12H16ClN3S/c1-3-12(4-2,7-13)16-11-10-9(5-6-17-10)14-8-15-11/h5-6,8H,3-4,7H2,1-2H3,(H,14,15,16). The molecule has 0 bridgehead atoms. The van der Waals surface area contributed by atoms with E-state index in [0.717, 1.165) is 28.9 Å². The molecule has 2 aromatic rings. The van der Waals surface area contributed by atoms with Crippen LogP contribution in [0.5, 0.6) is 0 Å². The van der Waals surface area contributed by atoms with E-state index >= 15 is 0 Å². The Kier molecular flexibility index (Phi) is 3.84. The molecule has 92 valence electrons. The zero-order valence-electron chi connectivity index (χ0n) is 10.0. The average Bonchev–Trinajstić information content (AvgIpc) is 2.85. The third kappa shape index (κ3) is 2.38. The minimum atomic E-state index is -0.0766. The van der Waals surface area contributed by atoms with Crippen LogP contribution < -0.4 is 5.32 Å². The topological polar surface area (TPSA) is 37.8 Å². The predicted octanol–water partition coefficient (Wildman–Crippen LogP) is 3.90. The van der Waals surface area contributed by atoms with Crippen LogP contribution in [0.25, 0.3) is 10.2 Å². The summed E-state index contributed by atoms with van der Waals surface area (Å²) in [4.78, 5) is 8.57. The molecule has 0 amide bonds. The second-order valence-electron chi connectivity index (χ2n) is 4.10. The van der Waals surface area contributed by atoms with Crippen LogP contribution in [0.4, 0.5) is 5.82 Å². The van der Waals surface area contributed by atoms with Crippen molar-refractivity contribution in [2.24, 2.45) is 0 Å². The van der Waals surface area contributed by atoms with E-state index in [1.54, 1.807) is 17.7 Å². The van der Waals surface area contributed by atoms with Gasteiger partial charge in [0.15, 0.2) is 0 Å². The first-order valence-electron chi connectivity index (χ1n) is 5.77. The lowest BCUT2D eigenvalue weighted by Crippen LogP contribution is -2.39. The lowest BCUT2D eigenvalue weighted by molar-refractivity contribution is 0.483. The summed E-state index contributed by atoms with van der Waals surface area (Å²) < 4.78 is 1.10. The molecule has 3 nitrogen and oxygen atoms in total. The van der Waals surface area contributed by atoms with Gasteiger partial charge in [-0.05, 0) is 24.3 Å². The van der Waals surface area contributed by atoms with Crippen molar-refractivity contribution in [2.45, 2.75) is 32.2 Å². The molecule has 2 rings (SSSR count). The summed E-state index contributed by atoms with van der Waals surface area (Å²) in [6, 6.07) is 2.01. The fourth-order valence-electron chi connectivity index (χ4n) is 1.78. The first-order valence-corrected chi connectivity index (χ1v) is 7.18. The number of hydrogen-bond acceptors (Lipinski definition) is 4. The zero-order valence-corrected chi connectivity index (χ0v) is 11.6. The number of nitrogens with zero attached hydrogens (tertiary/aromatic N) is 2. The number of aromatic nitrogens is 2. The van der Waals surface area contributed by atoms with E-state index in [2.05, 4.69) is 29.1 Å². The van der Waals surface area contributed by atoms with Gasteiger partial charge in [0.1, 0.15) is 12.1 Å². The highest BCUT2D eigenvalue weighted by molar-refractivity contribution is 7.17. The first-order chi connectivity index (χ1) is 8.24. The lowest BCUT2D eigenvalue weighted by atomic mass is 9.95. The Morgan fingerprint density at radius 3 is 2.76 bits per heavy atom. The molecule has 5 heteroatoms. The van der Waals surface area contributed by atoms with Gasteiger partial charge in [0, 0.05) is 5.88 Å². The summed E-state index contributed by atoms with van der Waals surface area (Å²) >= 11 is 7.75. The smallest absolute Gasteiger partial charge is 0.147 e. The van der Waals surface area contributed by atoms with Gasteiger partial charge in [-0.3, -0.25) is 0 Å². The van der Waals surface area contributed by atoms with E-state index < -0.39 is 0 Å². The number of anilines is 1. The van der Waals surface area contributed by atoms with Crippen molar-refractivity contribution in [3.63, 3.8) is 0 Å². The van der Waals surface area contributed by atoms with Gasteiger partial charge in [-0.25, -0.2) is 9.97 Å².